The van der Waals surface area contributed by atoms with Gasteiger partial charge in [0.2, 0.25) is 0 Å². The Morgan fingerprint density at radius 3 is 2.57 bits per heavy atom. The molecule has 0 atom stereocenters. The Hall–Kier alpha value is -2.57. The molecule has 0 aliphatic rings. The molecule has 2 rings (SSSR count). The van der Waals surface area contributed by atoms with Gasteiger partial charge in [0.25, 0.3) is 0 Å². The number of ether oxygens (including phenoxy) is 1. The largest absolute Gasteiger partial charge is 0.507 e. The number of alkyl halides is 3. The molecule has 0 radical (unpaired) electrons. The smallest absolute Gasteiger partial charge is 0.433 e. The quantitative estimate of drug-likeness (QED) is 0.866. The SMILES string of the molecule is CCC(=O)OCc1cccc(-c2ccc(C(F)(F)F)nc2)c1O. The molecule has 1 aromatic heterocycles. The van der Waals surface area contributed by atoms with E-state index in [4.69, 9.17) is 4.74 Å². The van der Waals surface area contributed by atoms with Gasteiger partial charge in [-0.2, -0.15) is 13.2 Å². The van der Waals surface area contributed by atoms with E-state index in [1.165, 1.54) is 6.07 Å². The zero-order chi connectivity index (χ0) is 17.0. The topological polar surface area (TPSA) is 59.4 Å². The fourth-order valence-corrected chi connectivity index (χ4v) is 1.92. The van der Waals surface area contributed by atoms with Crippen LogP contribution in [-0.2, 0) is 22.3 Å². The van der Waals surface area contributed by atoms with Crippen molar-refractivity contribution in [3.05, 3.63) is 47.8 Å². The minimum absolute atomic E-state index is 0.111. The lowest BCUT2D eigenvalue weighted by Crippen LogP contribution is -2.07. The number of para-hydroxylation sites is 1. The van der Waals surface area contributed by atoms with Crippen LogP contribution in [0.25, 0.3) is 11.1 Å². The molecule has 4 nitrogen and oxygen atoms in total. The Morgan fingerprint density at radius 1 is 1.26 bits per heavy atom. The second-order valence-corrected chi connectivity index (χ2v) is 4.76. The summed E-state index contributed by atoms with van der Waals surface area (Å²) in [5.74, 6) is -0.566. The number of carbonyl (C=O) groups is 1. The highest BCUT2D eigenvalue weighted by Crippen LogP contribution is 2.34. The maximum atomic E-state index is 12.5. The van der Waals surface area contributed by atoms with Gasteiger partial charge in [-0.15, -0.1) is 0 Å². The van der Waals surface area contributed by atoms with Gasteiger partial charge in [0.15, 0.2) is 0 Å². The van der Waals surface area contributed by atoms with Crippen molar-refractivity contribution < 1.29 is 27.8 Å². The molecular formula is C16H14F3NO3. The third-order valence-corrected chi connectivity index (χ3v) is 3.16. The summed E-state index contributed by atoms with van der Waals surface area (Å²) in [6.45, 7) is 1.53. The van der Waals surface area contributed by atoms with Gasteiger partial charge in [0.05, 0.1) is 0 Å². The molecule has 0 saturated carbocycles. The Kier molecular flexibility index (Phi) is 4.88. The standard InChI is InChI=1S/C16H14F3NO3/c1-2-14(21)23-9-11-4-3-5-12(15(11)22)10-6-7-13(20-8-10)16(17,18)19/h3-8,22H,2,9H2,1H3. The van der Waals surface area contributed by atoms with E-state index in [2.05, 4.69) is 4.98 Å². The number of pyridine rings is 1. The molecule has 7 heteroatoms. The molecule has 0 bridgehead atoms. The molecular weight excluding hydrogens is 311 g/mol. The molecule has 0 spiro atoms. The monoisotopic (exact) mass is 325 g/mol. The first-order chi connectivity index (χ1) is 10.8. The summed E-state index contributed by atoms with van der Waals surface area (Å²) in [6, 6.07) is 6.80. The van der Waals surface area contributed by atoms with Crippen LogP contribution in [0.3, 0.4) is 0 Å². The van der Waals surface area contributed by atoms with E-state index in [9.17, 15) is 23.1 Å². The van der Waals surface area contributed by atoms with Gasteiger partial charge in [-0.05, 0) is 6.07 Å². The van der Waals surface area contributed by atoms with Crippen molar-refractivity contribution in [2.45, 2.75) is 26.1 Å². The second kappa shape index (κ2) is 6.68. The number of benzene rings is 1. The Balaban J connectivity index is 2.28. The van der Waals surface area contributed by atoms with Crippen molar-refractivity contribution in [1.82, 2.24) is 4.98 Å². The summed E-state index contributed by atoms with van der Waals surface area (Å²) < 4.78 is 42.5. The molecule has 0 unspecified atom stereocenters. The third kappa shape index (κ3) is 4.00. The van der Waals surface area contributed by atoms with Gasteiger partial charge in [0, 0.05) is 29.3 Å². The van der Waals surface area contributed by atoms with Gasteiger partial charge in [-0.3, -0.25) is 9.78 Å². The molecule has 0 amide bonds. The molecule has 0 saturated heterocycles. The van der Waals surface area contributed by atoms with E-state index in [1.54, 1.807) is 25.1 Å². The van der Waals surface area contributed by atoms with Gasteiger partial charge in [-0.25, -0.2) is 0 Å². The summed E-state index contributed by atoms with van der Waals surface area (Å²) in [7, 11) is 0. The average Bonchev–Trinajstić information content (AvgIpc) is 2.53. The van der Waals surface area contributed by atoms with Crippen LogP contribution in [0, 0.1) is 0 Å². The summed E-state index contributed by atoms with van der Waals surface area (Å²) in [5.41, 5.74) is 0.00779. The molecule has 0 aliphatic carbocycles. The van der Waals surface area contributed by atoms with Crippen LogP contribution in [0.4, 0.5) is 13.2 Å². The van der Waals surface area contributed by atoms with Crippen molar-refractivity contribution in [3.8, 4) is 16.9 Å². The fraction of sp³-hybridized carbons (Fsp3) is 0.250. The normalized spacial score (nSPS) is 11.3. The number of hydrogen-bond donors (Lipinski definition) is 1. The lowest BCUT2D eigenvalue weighted by Gasteiger charge is -2.11. The molecule has 23 heavy (non-hydrogen) atoms. The number of carbonyl (C=O) groups excluding carboxylic acids is 1. The molecule has 2 aromatic rings. The Morgan fingerprint density at radius 2 is 2.00 bits per heavy atom. The van der Waals surface area contributed by atoms with Crippen LogP contribution in [0.1, 0.15) is 24.6 Å². The molecule has 0 fully saturated rings. The fourth-order valence-electron chi connectivity index (χ4n) is 1.92. The molecule has 0 aliphatic heterocycles. The van der Waals surface area contributed by atoms with Crippen molar-refractivity contribution in [2.24, 2.45) is 0 Å². The zero-order valence-electron chi connectivity index (χ0n) is 12.2. The predicted octanol–water partition coefficient (Wildman–Crippen LogP) is 3.93. The van der Waals surface area contributed by atoms with Crippen LogP contribution >= 0.6 is 0 Å². The number of aromatic hydroxyl groups is 1. The van der Waals surface area contributed by atoms with Crippen LogP contribution in [0.5, 0.6) is 5.75 Å². The van der Waals surface area contributed by atoms with Crippen molar-refractivity contribution in [3.63, 3.8) is 0 Å². The number of hydrogen-bond acceptors (Lipinski definition) is 4. The van der Waals surface area contributed by atoms with E-state index in [-0.39, 0.29) is 18.8 Å². The molecule has 122 valence electrons. The van der Waals surface area contributed by atoms with Crippen LogP contribution in [0.2, 0.25) is 0 Å². The van der Waals surface area contributed by atoms with Gasteiger partial charge in [-0.1, -0.05) is 31.2 Å². The van der Waals surface area contributed by atoms with E-state index in [1.807, 2.05) is 0 Å². The maximum Gasteiger partial charge on any atom is 0.433 e. The van der Waals surface area contributed by atoms with Crippen molar-refractivity contribution in [2.75, 3.05) is 0 Å². The number of rotatable bonds is 4. The van der Waals surface area contributed by atoms with Crippen LogP contribution in [0.15, 0.2) is 36.5 Å². The second-order valence-electron chi connectivity index (χ2n) is 4.76. The highest BCUT2D eigenvalue weighted by molar-refractivity contribution is 5.72. The number of nitrogens with zero attached hydrogens (tertiary/aromatic N) is 1. The van der Waals surface area contributed by atoms with E-state index < -0.39 is 17.8 Å². The summed E-state index contributed by atoms with van der Waals surface area (Å²) >= 11 is 0. The van der Waals surface area contributed by atoms with E-state index in [0.717, 1.165) is 12.3 Å². The minimum Gasteiger partial charge on any atom is -0.507 e. The first-order valence-corrected chi connectivity index (χ1v) is 6.83. The number of aromatic nitrogens is 1. The predicted molar refractivity (Wildman–Crippen MR) is 76.4 cm³/mol. The van der Waals surface area contributed by atoms with E-state index in [0.29, 0.717) is 16.7 Å². The molecule has 1 heterocycles. The molecule has 1 aromatic carbocycles. The zero-order valence-corrected chi connectivity index (χ0v) is 12.2. The van der Waals surface area contributed by atoms with Crippen molar-refractivity contribution >= 4 is 5.97 Å². The minimum atomic E-state index is -4.52. The Labute approximate surface area is 130 Å². The summed E-state index contributed by atoms with van der Waals surface area (Å²) in [5, 5.41) is 10.2. The van der Waals surface area contributed by atoms with Gasteiger partial charge in [0.1, 0.15) is 18.1 Å². The van der Waals surface area contributed by atoms with E-state index >= 15 is 0 Å². The number of halogens is 3. The first kappa shape index (κ1) is 16.8. The van der Waals surface area contributed by atoms with Gasteiger partial charge >= 0.3 is 12.1 Å². The van der Waals surface area contributed by atoms with Crippen LogP contribution in [-0.4, -0.2) is 16.1 Å². The lowest BCUT2D eigenvalue weighted by atomic mass is 10.0. The Bertz CT molecular complexity index is 697. The number of phenols is 1. The average molecular weight is 325 g/mol. The van der Waals surface area contributed by atoms with Crippen LogP contribution < -0.4 is 0 Å². The summed E-state index contributed by atoms with van der Waals surface area (Å²) in [4.78, 5) is 14.5. The highest BCUT2D eigenvalue weighted by Gasteiger charge is 2.32. The first-order valence-electron chi connectivity index (χ1n) is 6.83. The van der Waals surface area contributed by atoms with Gasteiger partial charge < -0.3 is 9.84 Å². The summed E-state index contributed by atoms with van der Waals surface area (Å²) in [6.07, 6.45) is -3.26. The highest BCUT2D eigenvalue weighted by atomic mass is 19.4. The number of esters is 1. The lowest BCUT2D eigenvalue weighted by molar-refractivity contribution is -0.144. The third-order valence-electron chi connectivity index (χ3n) is 3.16. The maximum absolute atomic E-state index is 12.5. The molecule has 1 N–H and O–H groups in total. The number of phenolic OH excluding ortho intramolecular Hbond substituents is 1. The van der Waals surface area contributed by atoms with Crippen molar-refractivity contribution in [1.29, 1.82) is 0 Å².